The fourth-order valence-corrected chi connectivity index (χ4v) is 4.82. The first-order valence-corrected chi connectivity index (χ1v) is 10.4. The van der Waals surface area contributed by atoms with E-state index in [1.54, 1.807) is 30.3 Å². The van der Waals surface area contributed by atoms with E-state index in [2.05, 4.69) is 9.97 Å². The monoisotopic (exact) mass is 399 g/mol. The first kappa shape index (κ1) is 18.4. The number of rotatable bonds is 5. The summed E-state index contributed by atoms with van der Waals surface area (Å²) in [5.74, 6) is 0.236. The number of hydrogen-bond donors (Lipinski definition) is 1. The van der Waals surface area contributed by atoms with Gasteiger partial charge < -0.3 is 10.6 Å². The molecule has 1 aliphatic carbocycles. The van der Waals surface area contributed by atoms with Crippen LogP contribution in [-0.4, -0.2) is 41.4 Å². The molecule has 1 aromatic carbocycles. The Labute approximate surface area is 163 Å². The number of fused-ring (bicyclic) bond motifs is 1. The first-order valence-electron chi connectivity index (χ1n) is 8.95. The molecule has 0 saturated heterocycles. The zero-order chi connectivity index (χ0) is 20.1. The van der Waals surface area contributed by atoms with Crippen LogP contribution in [0, 0.1) is 12.8 Å². The lowest BCUT2D eigenvalue weighted by molar-refractivity contribution is -0.124. The van der Waals surface area contributed by atoms with Gasteiger partial charge in [0.2, 0.25) is 5.91 Å². The molecule has 1 aliphatic rings. The molecule has 146 valence electrons. The Morgan fingerprint density at radius 2 is 1.86 bits per heavy atom. The zero-order valence-corrected chi connectivity index (χ0v) is 16.4. The predicted octanol–water partition coefficient (Wildman–Crippen LogP) is 1.68. The average molecular weight is 399 g/mol. The highest BCUT2D eigenvalue weighted by Crippen LogP contribution is 2.35. The number of primary amides is 1. The average Bonchev–Trinajstić information content (AvgIpc) is 3.05. The van der Waals surface area contributed by atoms with E-state index < -0.39 is 10.0 Å². The van der Waals surface area contributed by atoms with E-state index in [0.29, 0.717) is 29.7 Å². The van der Waals surface area contributed by atoms with Crippen molar-refractivity contribution in [3.63, 3.8) is 0 Å². The summed E-state index contributed by atoms with van der Waals surface area (Å²) in [6.07, 6.45) is 4.19. The molecular weight excluding hydrogens is 378 g/mol. The largest absolute Gasteiger partial charge is 0.369 e. The summed E-state index contributed by atoms with van der Waals surface area (Å²) < 4.78 is 27.3. The lowest BCUT2D eigenvalue weighted by atomic mass is 9.79. The van der Waals surface area contributed by atoms with Crippen molar-refractivity contribution in [1.82, 2.24) is 13.9 Å². The minimum Gasteiger partial charge on any atom is -0.369 e. The van der Waals surface area contributed by atoms with Crippen LogP contribution in [-0.2, 0) is 14.8 Å². The fraction of sp³-hybridized carbons (Fsp3) is 0.316. The highest BCUT2D eigenvalue weighted by Gasteiger charge is 2.36. The molecular formula is C19H21N5O3S. The second-order valence-corrected chi connectivity index (χ2v) is 9.01. The van der Waals surface area contributed by atoms with Crippen molar-refractivity contribution in [1.29, 1.82) is 0 Å². The van der Waals surface area contributed by atoms with Crippen LogP contribution < -0.4 is 10.6 Å². The molecule has 8 nitrogen and oxygen atoms in total. The van der Waals surface area contributed by atoms with Crippen LogP contribution in [0.2, 0.25) is 0 Å². The quantitative estimate of drug-likeness (QED) is 0.699. The SMILES string of the molecule is Cc1ccc(S(=O)(=O)n2ccc3c(N(C)C4CC(C(N)=O)C4)ncnc32)cc1. The fourth-order valence-electron chi connectivity index (χ4n) is 3.52. The number of carbonyl (C=O) groups is 1. The van der Waals surface area contributed by atoms with Gasteiger partial charge in [0.25, 0.3) is 10.0 Å². The van der Waals surface area contributed by atoms with Crippen molar-refractivity contribution in [2.24, 2.45) is 11.7 Å². The minimum absolute atomic E-state index is 0.115. The van der Waals surface area contributed by atoms with Crippen LogP contribution >= 0.6 is 0 Å². The van der Waals surface area contributed by atoms with Gasteiger partial charge in [-0.15, -0.1) is 0 Å². The molecule has 0 aliphatic heterocycles. The molecule has 3 aromatic rings. The van der Waals surface area contributed by atoms with E-state index in [4.69, 9.17) is 5.73 Å². The van der Waals surface area contributed by atoms with Gasteiger partial charge in [-0.1, -0.05) is 17.7 Å². The smallest absolute Gasteiger partial charge is 0.269 e. The molecule has 0 radical (unpaired) electrons. The maximum atomic E-state index is 13.1. The number of anilines is 1. The Kier molecular flexibility index (Phi) is 4.34. The maximum Gasteiger partial charge on any atom is 0.269 e. The third kappa shape index (κ3) is 2.91. The van der Waals surface area contributed by atoms with Gasteiger partial charge in [-0.05, 0) is 38.0 Å². The Morgan fingerprint density at radius 3 is 2.50 bits per heavy atom. The number of nitrogens with zero attached hydrogens (tertiary/aromatic N) is 4. The van der Waals surface area contributed by atoms with E-state index >= 15 is 0 Å². The third-order valence-electron chi connectivity index (χ3n) is 5.40. The number of hydrogen-bond acceptors (Lipinski definition) is 6. The molecule has 0 spiro atoms. The van der Waals surface area contributed by atoms with Gasteiger partial charge in [0.15, 0.2) is 5.65 Å². The van der Waals surface area contributed by atoms with E-state index in [0.717, 1.165) is 5.56 Å². The van der Waals surface area contributed by atoms with Crippen molar-refractivity contribution in [2.45, 2.75) is 30.7 Å². The molecule has 1 fully saturated rings. The van der Waals surface area contributed by atoms with Gasteiger partial charge in [0, 0.05) is 25.2 Å². The lowest BCUT2D eigenvalue weighted by Gasteiger charge is -2.40. The molecule has 0 atom stereocenters. The summed E-state index contributed by atoms with van der Waals surface area (Å²) in [6.45, 7) is 1.90. The number of benzene rings is 1. The van der Waals surface area contributed by atoms with Crippen molar-refractivity contribution in [2.75, 3.05) is 11.9 Å². The van der Waals surface area contributed by atoms with Crippen molar-refractivity contribution in [3.8, 4) is 0 Å². The number of aryl methyl sites for hydroxylation is 1. The lowest BCUT2D eigenvalue weighted by Crippen LogP contribution is -2.47. The van der Waals surface area contributed by atoms with Gasteiger partial charge >= 0.3 is 0 Å². The van der Waals surface area contributed by atoms with Gasteiger partial charge in [-0.3, -0.25) is 4.79 Å². The first-order chi connectivity index (χ1) is 13.3. The molecule has 1 amide bonds. The normalized spacial score (nSPS) is 19.4. The topological polar surface area (TPSA) is 111 Å². The highest BCUT2D eigenvalue weighted by molar-refractivity contribution is 7.90. The zero-order valence-electron chi connectivity index (χ0n) is 15.6. The Morgan fingerprint density at radius 1 is 1.18 bits per heavy atom. The Bertz CT molecular complexity index is 1150. The minimum atomic E-state index is -3.77. The molecule has 2 heterocycles. The van der Waals surface area contributed by atoms with Gasteiger partial charge in [0.05, 0.1) is 10.3 Å². The van der Waals surface area contributed by atoms with Crippen LogP contribution in [0.1, 0.15) is 18.4 Å². The molecule has 28 heavy (non-hydrogen) atoms. The van der Waals surface area contributed by atoms with Gasteiger partial charge in [-0.2, -0.15) is 0 Å². The maximum absolute atomic E-state index is 13.1. The number of aromatic nitrogens is 3. The summed E-state index contributed by atoms with van der Waals surface area (Å²) in [7, 11) is -1.88. The van der Waals surface area contributed by atoms with E-state index in [1.165, 1.54) is 16.5 Å². The van der Waals surface area contributed by atoms with Gasteiger partial charge in [-0.25, -0.2) is 22.4 Å². The summed E-state index contributed by atoms with van der Waals surface area (Å²) in [6, 6.07) is 8.54. The molecule has 9 heteroatoms. The molecule has 2 N–H and O–H groups in total. The van der Waals surface area contributed by atoms with Crippen molar-refractivity contribution >= 4 is 32.8 Å². The number of carbonyl (C=O) groups excluding carboxylic acids is 1. The van der Waals surface area contributed by atoms with E-state index in [-0.39, 0.29) is 22.8 Å². The second-order valence-electron chi connectivity index (χ2n) is 7.20. The van der Waals surface area contributed by atoms with Crippen LogP contribution in [0.15, 0.2) is 47.8 Å². The van der Waals surface area contributed by atoms with E-state index in [1.807, 2.05) is 18.9 Å². The van der Waals surface area contributed by atoms with E-state index in [9.17, 15) is 13.2 Å². The third-order valence-corrected chi connectivity index (χ3v) is 7.08. The van der Waals surface area contributed by atoms with Gasteiger partial charge in [0.1, 0.15) is 12.1 Å². The molecule has 1 saturated carbocycles. The predicted molar refractivity (Wildman–Crippen MR) is 105 cm³/mol. The van der Waals surface area contributed by atoms with Crippen molar-refractivity contribution in [3.05, 3.63) is 48.4 Å². The summed E-state index contributed by atoms with van der Waals surface area (Å²) in [4.78, 5) is 22.0. The van der Waals surface area contributed by atoms with Crippen LogP contribution in [0.25, 0.3) is 11.0 Å². The molecule has 0 unspecified atom stereocenters. The summed E-state index contributed by atoms with van der Waals surface area (Å²) in [5.41, 5.74) is 6.66. The van der Waals surface area contributed by atoms with Crippen LogP contribution in [0.5, 0.6) is 0 Å². The van der Waals surface area contributed by atoms with Crippen LogP contribution in [0.3, 0.4) is 0 Å². The Balaban J connectivity index is 1.71. The van der Waals surface area contributed by atoms with Crippen molar-refractivity contribution < 1.29 is 13.2 Å². The number of nitrogens with two attached hydrogens (primary N) is 1. The molecule has 0 bridgehead atoms. The second kappa shape index (κ2) is 6.59. The number of amides is 1. The highest BCUT2D eigenvalue weighted by atomic mass is 32.2. The summed E-state index contributed by atoms with van der Waals surface area (Å²) in [5, 5.41) is 0.642. The van der Waals surface area contributed by atoms with Crippen LogP contribution in [0.4, 0.5) is 5.82 Å². The standard InChI is InChI=1S/C19H21N5O3S/c1-12-3-5-15(6-4-12)28(26,27)24-8-7-16-18(21-11-22-19(16)24)23(2)14-9-13(10-14)17(20)25/h3-8,11,13-14H,9-10H2,1-2H3,(H2,20,25). The molecule has 4 rings (SSSR count). The Hall–Kier alpha value is -2.94. The summed E-state index contributed by atoms with van der Waals surface area (Å²) >= 11 is 0. The molecule has 2 aromatic heterocycles.